The maximum Gasteiger partial charge on any atom is 0.113 e. The van der Waals surface area contributed by atoms with Gasteiger partial charge in [-0.25, -0.2) is 0 Å². The molecule has 29 heavy (non-hydrogen) atoms. The van der Waals surface area contributed by atoms with Crippen LogP contribution in [0.3, 0.4) is 0 Å². The third-order valence-electron chi connectivity index (χ3n) is 5.22. The number of unbranched alkanes of at least 4 members (excludes halogenated alkanes) is 1. The summed E-state index contributed by atoms with van der Waals surface area (Å²) in [6.07, 6.45) is -2.48. The van der Waals surface area contributed by atoms with Gasteiger partial charge >= 0.3 is 0 Å². The number of nitrogens with zero attached hydrogens (tertiary/aromatic N) is 2. The number of aliphatic hydroxyl groups is 4. The van der Waals surface area contributed by atoms with E-state index < -0.39 is 37.1 Å². The van der Waals surface area contributed by atoms with Crippen LogP contribution in [0.15, 0.2) is 30.3 Å². The van der Waals surface area contributed by atoms with Crippen molar-refractivity contribution in [2.75, 3.05) is 6.61 Å². The molecule has 4 N–H and O–H groups in total. The Balaban J connectivity index is 1.79. The third-order valence-corrected chi connectivity index (χ3v) is 5.59. The van der Waals surface area contributed by atoms with Crippen LogP contribution in [0.2, 0.25) is 5.02 Å². The molecule has 0 radical (unpaired) electrons. The number of aryl methyl sites for hydroxylation is 1. The highest BCUT2D eigenvalue weighted by molar-refractivity contribution is 6.31. The van der Waals surface area contributed by atoms with E-state index in [9.17, 15) is 20.4 Å². The Morgan fingerprint density at radius 3 is 2.38 bits per heavy atom. The standard InChI is InChI=1S/C21H27ClN2O5/c1-2-3-4-14-6-7-15(24-23-14)10-13-9-12(5-8-16(13)22)21-20(28)19(27)18(26)17(11-25)29-21/h5-9,17-21,25-28H,2-4,10-11H2,1H3. The first kappa shape index (κ1) is 22.1. The second-order valence-electron chi connectivity index (χ2n) is 7.40. The van der Waals surface area contributed by atoms with E-state index in [0.717, 1.165) is 36.2 Å². The van der Waals surface area contributed by atoms with Gasteiger partial charge in [-0.3, -0.25) is 0 Å². The van der Waals surface area contributed by atoms with E-state index in [4.69, 9.17) is 16.3 Å². The van der Waals surface area contributed by atoms with Crippen molar-refractivity contribution < 1.29 is 25.2 Å². The van der Waals surface area contributed by atoms with Crippen molar-refractivity contribution >= 4 is 11.6 Å². The molecule has 1 aliphatic heterocycles. The number of ether oxygens (including phenoxy) is 1. The van der Waals surface area contributed by atoms with Crippen LogP contribution in [0, 0.1) is 0 Å². The lowest BCUT2D eigenvalue weighted by atomic mass is 9.90. The molecular weight excluding hydrogens is 396 g/mol. The highest BCUT2D eigenvalue weighted by Gasteiger charge is 2.44. The minimum atomic E-state index is -1.42. The second-order valence-corrected chi connectivity index (χ2v) is 7.80. The molecule has 0 bridgehead atoms. The summed E-state index contributed by atoms with van der Waals surface area (Å²) in [4.78, 5) is 0. The van der Waals surface area contributed by atoms with Crippen molar-refractivity contribution in [3.8, 4) is 0 Å². The molecule has 2 aromatic rings. The lowest BCUT2D eigenvalue weighted by Gasteiger charge is -2.40. The molecule has 5 atom stereocenters. The summed E-state index contributed by atoms with van der Waals surface area (Å²) >= 11 is 6.35. The van der Waals surface area contributed by atoms with Crippen molar-refractivity contribution in [3.05, 3.63) is 57.9 Å². The number of hydrogen-bond acceptors (Lipinski definition) is 7. The van der Waals surface area contributed by atoms with Crippen LogP contribution in [0.25, 0.3) is 0 Å². The molecule has 1 saturated heterocycles. The lowest BCUT2D eigenvalue weighted by molar-refractivity contribution is -0.231. The van der Waals surface area contributed by atoms with Crippen molar-refractivity contribution in [2.24, 2.45) is 0 Å². The van der Waals surface area contributed by atoms with E-state index in [0.29, 0.717) is 17.0 Å². The van der Waals surface area contributed by atoms with Crippen molar-refractivity contribution in [1.82, 2.24) is 10.2 Å². The monoisotopic (exact) mass is 422 g/mol. The molecule has 1 aromatic carbocycles. The van der Waals surface area contributed by atoms with E-state index in [-0.39, 0.29) is 0 Å². The zero-order valence-electron chi connectivity index (χ0n) is 16.3. The fourth-order valence-electron chi connectivity index (χ4n) is 3.45. The van der Waals surface area contributed by atoms with Crippen LogP contribution < -0.4 is 0 Å². The Hall–Kier alpha value is -1.61. The van der Waals surface area contributed by atoms with Crippen LogP contribution in [0.4, 0.5) is 0 Å². The lowest BCUT2D eigenvalue weighted by Crippen LogP contribution is -2.55. The number of aliphatic hydroxyl groups excluding tert-OH is 4. The Morgan fingerprint density at radius 1 is 1.00 bits per heavy atom. The average molecular weight is 423 g/mol. The van der Waals surface area contributed by atoms with Crippen LogP contribution in [-0.2, 0) is 17.6 Å². The first-order chi connectivity index (χ1) is 13.9. The van der Waals surface area contributed by atoms with Crippen molar-refractivity contribution in [2.45, 2.75) is 63.1 Å². The molecule has 0 spiro atoms. The largest absolute Gasteiger partial charge is 0.394 e. The number of benzene rings is 1. The van der Waals surface area contributed by atoms with E-state index in [1.807, 2.05) is 12.1 Å². The third kappa shape index (κ3) is 5.12. The summed E-state index contributed by atoms with van der Waals surface area (Å²) in [7, 11) is 0. The summed E-state index contributed by atoms with van der Waals surface area (Å²) in [5, 5.41) is 48.8. The number of halogens is 1. The summed E-state index contributed by atoms with van der Waals surface area (Å²) in [6, 6.07) is 9.05. The molecule has 3 rings (SSSR count). The molecular formula is C21H27ClN2O5. The predicted molar refractivity (Wildman–Crippen MR) is 108 cm³/mol. The molecule has 1 aromatic heterocycles. The molecule has 0 saturated carbocycles. The molecule has 2 heterocycles. The van der Waals surface area contributed by atoms with Gasteiger partial charge in [-0.05, 0) is 42.2 Å². The van der Waals surface area contributed by atoms with Crippen LogP contribution in [0.5, 0.6) is 0 Å². The summed E-state index contributed by atoms with van der Waals surface area (Å²) in [5.41, 5.74) is 3.08. The van der Waals surface area contributed by atoms with Gasteiger partial charge in [0.1, 0.15) is 30.5 Å². The number of rotatable bonds is 7. The summed E-state index contributed by atoms with van der Waals surface area (Å²) in [6.45, 7) is 1.66. The predicted octanol–water partition coefficient (Wildman–Crippen LogP) is 1.58. The Kier molecular flexibility index (Phi) is 7.56. The normalized spacial score (nSPS) is 27.2. The molecule has 0 amide bonds. The summed E-state index contributed by atoms with van der Waals surface area (Å²) in [5.74, 6) is 0. The average Bonchev–Trinajstić information content (AvgIpc) is 2.73. The van der Waals surface area contributed by atoms with Gasteiger partial charge in [0.15, 0.2) is 0 Å². The van der Waals surface area contributed by atoms with E-state index >= 15 is 0 Å². The van der Waals surface area contributed by atoms with Gasteiger partial charge in [-0.2, -0.15) is 10.2 Å². The maximum absolute atomic E-state index is 10.4. The topological polar surface area (TPSA) is 116 Å². The van der Waals surface area contributed by atoms with E-state index in [2.05, 4.69) is 17.1 Å². The van der Waals surface area contributed by atoms with E-state index in [1.54, 1.807) is 18.2 Å². The zero-order valence-corrected chi connectivity index (χ0v) is 17.0. The smallest absolute Gasteiger partial charge is 0.113 e. The van der Waals surface area contributed by atoms with Gasteiger partial charge in [0.2, 0.25) is 0 Å². The van der Waals surface area contributed by atoms with E-state index in [1.165, 1.54) is 0 Å². The zero-order chi connectivity index (χ0) is 21.0. The minimum absolute atomic E-state index is 0.450. The highest BCUT2D eigenvalue weighted by atomic mass is 35.5. The van der Waals surface area contributed by atoms with Crippen LogP contribution in [0.1, 0.15) is 48.4 Å². The summed E-state index contributed by atoms with van der Waals surface area (Å²) < 4.78 is 5.63. The van der Waals surface area contributed by atoms with Gasteiger partial charge in [0.25, 0.3) is 0 Å². The maximum atomic E-state index is 10.4. The molecule has 1 aliphatic rings. The fraction of sp³-hybridized carbons (Fsp3) is 0.524. The first-order valence-corrected chi connectivity index (χ1v) is 10.2. The molecule has 1 fully saturated rings. The molecule has 5 unspecified atom stereocenters. The van der Waals surface area contributed by atoms with Crippen LogP contribution >= 0.6 is 11.6 Å². The van der Waals surface area contributed by atoms with Crippen molar-refractivity contribution in [3.63, 3.8) is 0 Å². The SMILES string of the molecule is CCCCc1ccc(Cc2cc(C3OC(CO)C(O)C(O)C3O)ccc2Cl)nn1. The van der Waals surface area contributed by atoms with Gasteiger partial charge < -0.3 is 25.2 Å². The Bertz CT molecular complexity index is 802. The number of hydrogen-bond donors (Lipinski definition) is 4. The quantitative estimate of drug-likeness (QED) is 0.535. The van der Waals surface area contributed by atoms with Crippen molar-refractivity contribution in [1.29, 1.82) is 0 Å². The Labute approximate surface area is 174 Å². The number of aromatic nitrogens is 2. The fourth-order valence-corrected chi connectivity index (χ4v) is 3.64. The molecule has 158 valence electrons. The molecule has 8 heteroatoms. The molecule has 0 aliphatic carbocycles. The van der Waals surface area contributed by atoms with Gasteiger partial charge in [-0.1, -0.05) is 37.1 Å². The van der Waals surface area contributed by atoms with Gasteiger partial charge in [0.05, 0.1) is 18.0 Å². The highest BCUT2D eigenvalue weighted by Crippen LogP contribution is 2.34. The van der Waals surface area contributed by atoms with Crippen LogP contribution in [-0.4, -0.2) is 61.6 Å². The first-order valence-electron chi connectivity index (χ1n) is 9.85. The van der Waals surface area contributed by atoms with Gasteiger partial charge in [-0.15, -0.1) is 0 Å². The van der Waals surface area contributed by atoms with Gasteiger partial charge in [0, 0.05) is 11.4 Å². The molecule has 7 nitrogen and oxygen atoms in total. The second kappa shape index (κ2) is 9.93. The Morgan fingerprint density at radius 2 is 1.72 bits per heavy atom. The minimum Gasteiger partial charge on any atom is -0.394 e.